The summed E-state index contributed by atoms with van der Waals surface area (Å²) in [5, 5.41) is 6.92. The summed E-state index contributed by atoms with van der Waals surface area (Å²) in [5.74, 6) is 0.333. The molecule has 2 aliphatic heterocycles. The second kappa shape index (κ2) is 3.47. The van der Waals surface area contributed by atoms with Crippen molar-refractivity contribution in [1.82, 2.24) is 10.6 Å². The minimum atomic E-state index is -0.0337. The molecule has 1 aromatic carbocycles. The average molecular weight is 237 g/mol. The molecule has 0 saturated carbocycles. The molecule has 1 aromatic rings. The van der Waals surface area contributed by atoms with Crippen LogP contribution in [0.4, 0.5) is 0 Å². The summed E-state index contributed by atoms with van der Waals surface area (Å²) in [4.78, 5) is 12.0. The van der Waals surface area contributed by atoms with Gasteiger partial charge in [0.05, 0.1) is 10.6 Å². The summed E-state index contributed by atoms with van der Waals surface area (Å²) in [6.07, 6.45) is 0. The highest BCUT2D eigenvalue weighted by Crippen LogP contribution is 2.35. The van der Waals surface area contributed by atoms with E-state index in [0.29, 0.717) is 16.5 Å². The topological polar surface area (TPSA) is 41.1 Å². The van der Waals surface area contributed by atoms with Gasteiger partial charge in [-0.3, -0.25) is 4.79 Å². The van der Waals surface area contributed by atoms with E-state index in [9.17, 15) is 4.79 Å². The molecule has 3 rings (SSSR count). The van der Waals surface area contributed by atoms with Gasteiger partial charge in [-0.15, -0.1) is 0 Å². The van der Waals surface area contributed by atoms with Crippen LogP contribution in [0.25, 0.3) is 0 Å². The van der Waals surface area contributed by atoms with Crippen LogP contribution in [-0.2, 0) is 0 Å². The number of carbonyl (C=O) groups excluding carboxylic acids is 1. The molecule has 84 valence electrons. The Kier molecular flexibility index (Phi) is 2.19. The van der Waals surface area contributed by atoms with Crippen molar-refractivity contribution in [2.45, 2.75) is 18.9 Å². The number of hydrogen-bond acceptors (Lipinski definition) is 2. The first-order chi connectivity index (χ1) is 7.68. The standard InChI is InChI=1S/C12H13ClN2O/c1-6-2-3-7-8-4-14-5-9(8)15-12(16)10(7)11(6)13/h2-3,8-9,14H,4-5H2,1H3,(H,15,16)/t8-,9+/m0/s1. The maximum atomic E-state index is 12.0. The third-order valence-corrected chi connectivity index (χ3v) is 4.01. The summed E-state index contributed by atoms with van der Waals surface area (Å²) in [6.45, 7) is 3.69. The average Bonchev–Trinajstić information content (AvgIpc) is 2.70. The molecule has 16 heavy (non-hydrogen) atoms. The normalized spacial score (nSPS) is 27.2. The van der Waals surface area contributed by atoms with Crippen molar-refractivity contribution in [3.05, 3.63) is 33.8 Å². The molecule has 0 aliphatic carbocycles. The molecular formula is C12H13ClN2O. The summed E-state index contributed by atoms with van der Waals surface area (Å²) in [7, 11) is 0. The van der Waals surface area contributed by atoms with E-state index in [1.165, 1.54) is 0 Å². The Balaban J connectivity index is 2.20. The van der Waals surface area contributed by atoms with Gasteiger partial charge in [0.1, 0.15) is 0 Å². The highest BCUT2D eigenvalue weighted by molar-refractivity contribution is 6.35. The monoisotopic (exact) mass is 236 g/mol. The predicted octanol–water partition coefficient (Wildman–Crippen LogP) is 1.45. The highest BCUT2D eigenvalue weighted by Gasteiger charge is 2.37. The lowest BCUT2D eigenvalue weighted by molar-refractivity contribution is 0.0924. The minimum Gasteiger partial charge on any atom is -0.347 e. The summed E-state index contributed by atoms with van der Waals surface area (Å²) < 4.78 is 0. The van der Waals surface area contributed by atoms with E-state index in [4.69, 9.17) is 11.6 Å². The molecule has 2 aliphatic rings. The van der Waals surface area contributed by atoms with Crippen molar-refractivity contribution in [2.24, 2.45) is 0 Å². The van der Waals surface area contributed by atoms with Gasteiger partial charge in [-0.1, -0.05) is 23.7 Å². The lowest BCUT2D eigenvalue weighted by Gasteiger charge is -2.29. The molecule has 1 saturated heterocycles. The predicted molar refractivity (Wildman–Crippen MR) is 63.1 cm³/mol. The Morgan fingerprint density at radius 1 is 1.38 bits per heavy atom. The Morgan fingerprint density at radius 2 is 2.19 bits per heavy atom. The van der Waals surface area contributed by atoms with Crippen molar-refractivity contribution >= 4 is 17.5 Å². The lowest BCUT2D eigenvalue weighted by atomic mass is 9.85. The first-order valence-electron chi connectivity index (χ1n) is 5.49. The van der Waals surface area contributed by atoms with Gasteiger partial charge in [0.25, 0.3) is 5.91 Å². The van der Waals surface area contributed by atoms with E-state index in [1.54, 1.807) is 0 Å². The number of aryl methyl sites for hydroxylation is 1. The van der Waals surface area contributed by atoms with E-state index >= 15 is 0 Å². The maximum absolute atomic E-state index is 12.0. The second-order valence-electron chi connectivity index (χ2n) is 4.51. The third kappa shape index (κ3) is 1.28. The Morgan fingerprint density at radius 3 is 3.00 bits per heavy atom. The number of amides is 1. The number of halogens is 1. The Labute approximate surface area is 99.2 Å². The number of hydrogen-bond donors (Lipinski definition) is 2. The maximum Gasteiger partial charge on any atom is 0.253 e. The van der Waals surface area contributed by atoms with E-state index in [2.05, 4.69) is 10.6 Å². The second-order valence-corrected chi connectivity index (χ2v) is 4.88. The van der Waals surface area contributed by atoms with Gasteiger partial charge in [-0.2, -0.15) is 0 Å². The van der Waals surface area contributed by atoms with Crippen LogP contribution < -0.4 is 10.6 Å². The van der Waals surface area contributed by atoms with Crippen molar-refractivity contribution in [1.29, 1.82) is 0 Å². The van der Waals surface area contributed by atoms with Crippen molar-refractivity contribution in [3.8, 4) is 0 Å². The van der Waals surface area contributed by atoms with Crippen LogP contribution in [0.2, 0.25) is 5.02 Å². The molecule has 2 atom stereocenters. The first kappa shape index (κ1) is 10.1. The molecule has 3 nitrogen and oxygen atoms in total. The lowest BCUT2D eigenvalue weighted by Crippen LogP contribution is -2.44. The smallest absolute Gasteiger partial charge is 0.253 e. The minimum absolute atomic E-state index is 0.0337. The van der Waals surface area contributed by atoms with Crippen LogP contribution in [0.3, 0.4) is 0 Å². The molecule has 4 heteroatoms. The zero-order valence-corrected chi connectivity index (χ0v) is 9.77. The van der Waals surface area contributed by atoms with Crippen LogP contribution in [0.5, 0.6) is 0 Å². The summed E-state index contributed by atoms with van der Waals surface area (Å²) in [5.41, 5.74) is 2.72. The number of fused-ring (bicyclic) bond motifs is 3. The molecule has 0 aromatic heterocycles. The number of nitrogens with one attached hydrogen (secondary N) is 2. The van der Waals surface area contributed by atoms with Crippen molar-refractivity contribution < 1.29 is 4.79 Å². The molecule has 0 radical (unpaired) electrons. The van der Waals surface area contributed by atoms with Gasteiger partial charge < -0.3 is 10.6 Å². The van der Waals surface area contributed by atoms with Gasteiger partial charge in [-0.25, -0.2) is 0 Å². The molecule has 0 unspecified atom stereocenters. The molecule has 1 amide bonds. The van der Waals surface area contributed by atoms with E-state index in [-0.39, 0.29) is 11.9 Å². The van der Waals surface area contributed by atoms with Crippen LogP contribution in [-0.4, -0.2) is 25.0 Å². The summed E-state index contributed by atoms with van der Waals surface area (Å²) >= 11 is 6.22. The van der Waals surface area contributed by atoms with Gasteiger partial charge in [0.2, 0.25) is 0 Å². The number of benzene rings is 1. The molecule has 0 spiro atoms. The van der Waals surface area contributed by atoms with Crippen LogP contribution >= 0.6 is 11.6 Å². The first-order valence-corrected chi connectivity index (χ1v) is 5.87. The summed E-state index contributed by atoms with van der Waals surface area (Å²) in [6, 6.07) is 4.26. The molecule has 2 N–H and O–H groups in total. The van der Waals surface area contributed by atoms with Crippen LogP contribution in [0.1, 0.15) is 27.4 Å². The fourth-order valence-electron chi connectivity index (χ4n) is 2.63. The van der Waals surface area contributed by atoms with Gasteiger partial charge in [0, 0.05) is 25.0 Å². The van der Waals surface area contributed by atoms with Gasteiger partial charge in [-0.05, 0) is 18.1 Å². The SMILES string of the molecule is Cc1ccc2c(c1Cl)C(=O)N[C@@H]1CNC[C@@H]21. The number of carbonyl (C=O) groups is 1. The zero-order chi connectivity index (χ0) is 11.3. The third-order valence-electron chi connectivity index (χ3n) is 3.52. The van der Waals surface area contributed by atoms with Crippen LogP contribution in [0.15, 0.2) is 12.1 Å². The van der Waals surface area contributed by atoms with E-state index in [0.717, 1.165) is 24.2 Å². The number of rotatable bonds is 0. The Bertz CT molecular complexity index is 472. The van der Waals surface area contributed by atoms with Crippen molar-refractivity contribution in [3.63, 3.8) is 0 Å². The zero-order valence-electron chi connectivity index (χ0n) is 9.01. The quantitative estimate of drug-likeness (QED) is 0.716. The fraction of sp³-hybridized carbons (Fsp3) is 0.417. The Hall–Kier alpha value is -1.06. The fourth-order valence-corrected chi connectivity index (χ4v) is 2.89. The molecule has 2 heterocycles. The molecular weight excluding hydrogens is 224 g/mol. The molecule has 0 bridgehead atoms. The van der Waals surface area contributed by atoms with Crippen molar-refractivity contribution in [2.75, 3.05) is 13.1 Å². The highest BCUT2D eigenvalue weighted by atomic mass is 35.5. The van der Waals surface area contributed by atoms with Crippen LogP contribution in [0, 0.1) is 6.92 Å². The van der Waals surface area contributed by atoms with Gasteiger partial charge in [0.15, 0.2) is 0 Å². The molecule has 1 fully saturated rings. The van der Waals surface area contributed by atoms with Gasteiger partial charge >= 0.3 is 0 Å². The largest absolute Gasteiger partial charge is 0.347 e. The van der Waals surface area contributed by atoms with E-state index < -0.39 is 0 Å². The van der Waals surface area contributed by atoms with E-state index in [1.807, 2.05) is 19.1 Å².